The van der Waals surface area contributed by atoms with Gasteiger partial charge in [0.2, 0.25) is 11.8 Å². The lowest BCUT2D eigenvalue weighted by Crippen LogP contribution is -2.36. The maximum absolute atomic E-state index is 12.4. The number of amides is 2. The second-order valence-electron chi connectivity index (χ2n) is 6.01. The lowest BCUT2D eigenvalue weighted by molar-refractivity contribution is -0.120. The molecule has 0 fully saturated rings. The van der Waals surface area contributed by atoms with Crippen LogP contribution in [0, 0.1) is 13.8 Å². The summed E-state index contributed by atoms with van der Waals surface area (Å²) in [5, 5.41) is 2.84. The highest BCUT2D eigenvalue weighted by molar-refractivity contribution is 6.03. The molecule has 0 saturated carbocycles. The summed E-state index contributed by atoms with van der Waals surface area (Å²) in [5.41, 5.74) is 3.82. The summed E-state index contributed by atoms with van der Waals surface area (Å²) in [4.78, 5) is 37.3. The highest BCUT2D eigenvalue weighted by Gasteiger charge is 2.17. The van der Waals surface area contributed by atoms with Gasteiger partial charge in [-0.25, -0.2) is 0 Å². The van der Waals surface area contributed by atoms with Crippen LogP contribution in [0.1, 0.15) is 35.3 Å². The molecule has 0 radical (unpaired) electrons. The van der Waals surface area contributed by atoms with Crippen molar-refractivity contribution in [3.05, 3.63) is 59.2 Å². The van der Waals surface area contributed by atoms with Crippen LogP contribution in [0.25, 0.3) is 0 Å². The predicted octanol–water partition coefficient (Wildman–Crippen LogP) is 3.50. The molecule has 0 aliphatic heterocycles. The summed E-state index contributed by atoms with van der Waals surface area (Å²) in [5.74, 6) is -0.654. The number of rotatable bonds is 5. The Balaban J connectivity index is 2.20. The quantitative estimate of drug-likeness (QED) is 0.849. The van der Waals surface area contributed by atoms with E-state index in [-0.39, 0.29) is 24.1 Å². The Bertz CT molecular complexity index is 827. The monoisotopic (exact) mass is 338 g/mol. The summed E-state index contributed by atoms with van der Waals surface area (Å²) in [7, 11) is 0. The molecule has 0 bridgehead atoms. The molecule has 2 amide bonds. The van der Waals surface area contributed by atoms with Crippen LogP contribution in [0.5, 0.6) is 0 Å². The number of nitrogens with zero attached hydrogens (tertiary/aromatic N) is 1. The van der Waals surface area contributed by atoms with Crippen molar-refractivity contribution in [2.24, 2.45) is 0 Å². The van der Waals surface area contributed by atoms with Crippen LogP contribution in [0.2, 0.25) is 0 Å². The molecule has 2 rings (SSSR count). The van der Waals surface area contributed by atoms with E-state index in [2.05, 4.69) is 5.32 Å². The minimum atomic E-state index is -0.294. The van der Waals surface area contributed by atoms with Gasteiger partial charge in [0.05, 0.1) is 0 Å². The number of ketones is 1. The van der Waals surface area contributed by atoms with E-state index in [0.717, 1.165) is 16.8 Å². The molecule has 2 aromatic rings. The lowest BCUT2D eigenvalue weighted by Gasteiger charge is -2.21. The van der Waals surface area contributed by atoms with Gasteiger partial charge in [-0.2, -0.15) is 0 Å². The highest BCUT2D eigenvalue weighted by atomic mass is 16.2. The summed E-state index contributed by atoms with van der Waals surface area (Å²) < 4.78 is 0. The first-order valence-corrected chi connectivity index (χ1v) is 8.04. The van der Waals surface area contributed by atoms with Crippen LogP contribution in [-0.2, 0) is 9.59 Å². The van der Waals surface area contributed by atoms with E-state index in [9.17, 15) is 14.4 Å². The zero-order chi connectivity index (χ0) is 18.6. The van der Waals surface area contributed by atoms with E-state index in [4.69, 9.17) is 0 Å². The second-order valence-corrected chi connectivity index (χ2v) is 6.01. The number of carbonyl (C=O) groups excluding carboxylic acids is 3. The largest absolute Gasteiger partial charge is 0.324 e. The number of Topliss-reactive ketones (excluding diaryl/α,β-unsaturated/α-hetero) is 1. The van der Waals surface area contributed by atoms with Gasteiger partial charge in [-0.3, -0.25) is 14.4 Å². The minimum Gasteiger partial charge on any atom is -0.324 e. The van der Waals surface area contributed by atoms with Gasteiger partial charge < -0.3 is 10.2 Å². The first kappa shape index (κ1) is 18.4. The van der Waals surface area contributed by atoms with Crippen molar-refractivity contribution in [2.75, 3.05) is 16.8 Å². The van der Waals surface area contributed by atoms with Crippen LogP contribution < -0.4 is 10.2 Å². The molecule has 0 heterocycles. The number of carbonyl (C=O) groups is 3. The van der Waals surface area contributed by atoms with Gasteiger partial charge in [0.1, 0.15) is 6.54 Å². The van der Waals surface area contributed by atoms with Crippen LogP contribution in [0.3, 0.4) is 0 Å². The number of hydrogen-bond acceptors (Lipinski definition) is 3. The Morgan fingerprint density at radius 1 is 1.00 bits per heavy atom. The molecule has 2 aromatic carbocycles. The average Bonchev–Trinajstić information content (AvgIpc) is 2.56. The van der Waals surface area contributed by atoms with E-state index in [1.807, 2.05) is 32.0 Å². The topological polar surface area (TPSA) is 66.5 Å². The van der Waals surface area contributed by atoms with Crippen LogP contribution in [0.15, 0.2) is 42.5 Å². The van der Waals surface area contributed by atoms with Crippen molar-refractivity contribution in [3.8, 4) is 0 Å². The maximum atomic E-state index is 12.4. The van der Waals surface area contributed by atoms with Gasteiger partial charge in [0.25, 0.3) is 0 Å². The van der Waals surface area contributed by atoms with E-state index in [0.29, 0.717) is 11.3 Å². The second kappa shape index (κ2) is 7.75. The Morgan fingerprint density at radius 3 is 2.32 bits per heavy atom. The average molecular weight is 338 g/mol. The molecule has 0 spiro atoms. The van der Waals surface area contributed by atoms with Crippen molar-refractivity contribution in [1.82, 2.24) is 0 Å². The fourth-order valence-corrected chi connectivity index (χ4v) is 2.50. The molecule has 0 unspecified atom stereocenters. The van der Waals surface area contributed by atoms with Crippen molar-refractivity contribution in [3.63, 3.8) is 0 Å². The van der Waals surface area contributed by atoms with E-state index in [1.165, 1.54) is 18.7 Å². The summed E-state index contributed by atoms with van der Waals surface area (Å²) >= 11 is 0. The zero-order valence-electron chi connectivity index (χ0n) is 14.9. The van der Waals surface area contributed by atoms with Crippen LogP contribution in [0.4, 0.5) is 11.4 Å². The number of aryl methyl sites for hydroxylation is 1. The Hall–Kier alpha value is -2.95. The van der Waals surface area contributed by atoms with Crippen molar-refractivity contribution in [2.45, 2.75) is 27.7 Å². The molecule has 5 nitrogen and oxygen atoms in total. The normalized spacial score (nSPS) is 10.2. The molecule has 1 N–H and O–H groups in total. The Kier molecular flexibility index (Phi) is 5.70. The standard InChI is InChI=1S/C20H22N2O3/c1-13-7-5-10-19(14(13)2)21-20(25)12-22(16(4)24)18-9-6-8-17(11-18)15(3)23/h5-11H,12H2,1-4H3,(H,21,25). The van der Waals surface area contributed by atoms with Crippen molar-refractivity contribution in [1.29, 1.82) is 0 Å². The third kappa shape index (κ3) is 4.53. The first-order chi connectivity index (χ1) is 11.8. The first-order valence-electron chi connectivity index (χ1n) is 8.04. The molecule has 0 aliphatic rings. The van der Waals surface area contributed by atoms with Gasteiger partial charge in [-0.15, -0.1) is 0 Å². The van der Waals surface area contributed by atoms with Crippen molar-refractivity contribution >= 4 is 29.0 Å². The molecule has 5 heteroatoms. The Morgan fingerprint density at radius 2 is 1.68 bits per heavy atom. The molecule has 130 valence electrons. The maximum Gasteiger partial charge on any atom is 0.244 e. The fraction of sp³-hybridized carbons (Fsp3) is 0.250. The summed E-state index contributed by atoms with van der Waals surface area (Å²) in [6, 6.07) is 12.4. The van der Waals surface area contributed by atoms with Gasteiger partial charge in [0, 0.05) is 23.9 Å². The number of hydrogen-bond donors (Lipinski definition) is 1. The third-order valence-electron chi connectivity index (χ3n) is 4.12. The van der Waals surface area contributed by atoms with E-state index >= 15 is 0 Å². The summed E-state index contributed by atoms with van der Waals surface area (Å²) in [6.07, 6.45) is 0. The minimum absolute atomic E-state index is 0.0924. The van der Waals surface area contributed by atoms with Gasteiger partial charge in [-0.1, -0.05) is 24.3 Å². The van der Waals surface area contributed by atoms with Crippen molar-refractivity contribution < 1.29 is 14.4 Å². The molecule has 0 aromatic heterocycles. The lowest BCUT2D eigenvalue weighted by atomic mass is 10.1. The van der Waals surface area contributed by atoms with Crippen LogP contribution >= 0.6 is 0 Å². The van der Waals surface area contributed by atoms with Gasteiger partial charge in [-0.05, 0) is 50.1 Å². The Labute approximate surface area is 147 Å². The molecule has 0 atom stereocenters. The highest BCUT2D eigenvalue weighted by Crippen LogP contribution is 2.20. The van der Waals surface area contributed by atoms with E-state index < -0.39 is 0 Å². The molecule has 25 heavy (non-hydrogen) atoms. The van der Waals surface area contributed by atoms with E-state index in [1.54, 1.807) is 24.3 Å². The SMILES string of the molecule is CC(=O)c1cccc(N(CC(=O)Nc2cccc(C)c2C)C(C)=O)c1. The van der Waals surface area contributed by atoms with Gasteiger partial charge >= 0.3 is 0 Å². The van der Waals surface area contributed by atoms with Gasteiger partial charge in [0.15, 0.2) is 5.78 Å². The van der Waals surface area contributed by atoms with Crippen LogP contribution in [-0.4, -0.2) is 24.1 Å². The fourth-order valence-electron chi connectivity index (χ4n) is 2.50. The molecular weight excluding hydrogens is 316 g/mol. The molecular formula is C20H22N2O3. The molecule has 0 aliphatic carbocycles. The predicted molar refractivity (Wildman–Crippen MR) is 99.0 cm³/mol. The smallest absolute Gasteiger partial charge is 0.244 e. The number of anilines is 2. The summed E-state index contributed by atoms with van der Waals surface area (Å²) in [6.45, 7) is 6.64. The number of benzene rings is 2. The number of nitrogens with one attached hydrogen (secondary N) is 1. The zero-order valence-corrected chi connectivity index (χ0v) is 14.9. The third-order valence-corrected chi connectivity index (χ3v) is 4.12. The molecule has 0 saturated heterocycles.